The second-order valence-corrected chi connectivity index (χ2v) is 2.30. The Morgan fingerprint density at radius 2 is 2.25 bits per heavy atom. The van der Waals surface area contributed by atoms with Gasteiger partial charge in [-0.1, -0.05) is 23.3 Å². The maximum Gasteiger partial charge on any atom is 0.0531 e. The number of nitrogens with zero attached hydrogens (tertiary/aromatic N) is 3. The van der Waals surface area contributed by atoms with Crippen molar-refractivity contribution in [2.75, 3.05) is 12.4 Å². The Balaban J connectivity index is 2.88. The maximum atomic E-state index is 8.13. The summed E-state index contributed by atoms with van der Waals surface area (Å²) in [5.41, 5.74) is 10.1. The molecule has 4 nitrogen and oxygen atoms in total. The Hall–Kier alpha value is -1.67. The SMILES string of the molecule is CNc1ccccc1CN=[N+]=[N-]. The van der Waals surface area contributed by atoms with Crippen molar-refractivity contribution in [3.8, 4) is 0 Å². The van der Waals surface area contributed by atoms with Gasteiger partial charge in [0.15, 0.2) is 0 Å². The summed E-state index contributed by atoms with van der Waals surface area (Å²) in [5.74, 6) is 0. The van der Waals surface area contributed by atoms with Gasteiger partial charge in [0.05, 0.1) is 6.54 Å². The predicted octanol–water partition coefficient (Wildman–Crippen LogP) is 2.54. The van der Waals surface area contributed by atoms with Gasteiger partial charge in [0.1, 0.15) is 0 Å². The fraction of sp³-hybridized carbons (Fsp3) is 0.250. The van der Waals surface area contributed by atoms with Gasteiger partial charge < -0.3 is 5.32 Å². The summed E-state index contributed by atoms with van der Waals surface area (Å²) in [6.45, 7) is 0.396. The van der Waals surface area contributed by atoms with Gasteiger partial charge in [0.2, 0.25) is 0 Å². The molecule has 1 rings (SSSR count). The molecule has 1 aromatic carbocycles. The lowest BCUT2D eigenvalue weighted by Crippen LogP contribution is -1.93. The minimum absolute atomic E-state index is 0.396. The van der Waals surface area contributed by atoms with E-state index < -0.39 is 0 Å². The van der Waals surface area contributed by atoms with Crippen LogP contribution in [0.5, 0.6) is 0 Å². The Kier molecular flexibility index (Phi) is 2.99. The van der Waals surface area contributed by atoms with E-state index in [0.717, 1.165) is 11.3 Å². The Labute approximate surface area is 70.8 Å². The number of para-hydroxylation sites is 1. The number of rotatable bonds is 3. The van der Waals surface area contributed by atoms with Crippen LogP contribution in [0.1, 0.15) is 5.56 Å². The second kappa shape index (κ2) is 4.26. The number of anilines is 1. The molecule has 1 aromatic rings. The molecule has 0 saturated heterocycles. The first-order valence-corrected chi connectivity index (χ1v) is 3.65. The normalized spacial score (nSPS) is 8.75. The van der Waals surface area contributed by atoms with Crippen LogP contribution in [-0.2, 0) is 6.54 Å². The number of hydrogen-bond acceptors (Lipinski definition) is 2. The van der Waals surface area contributed by atoms with Crippen molar-refractivity contribution in [3.63, 3.8) is 0 Å². The molecule has 62 valence electrons. The molecule has 0 bridgehead atoms. The average molecular weight is 162 g/mol. The highest BCUT2D eigenvalue weighted by Gasteiger charge is 1.95. The quantitative estimate of drug-likeness (QED) is 0.414. The van der Waals surface area contributed by atoms with E-state index in [1.165, 1.54) is 0 Å². The third-order valence-electron chi connectivity index (χ3n) is 1.59. The van der Waals surface area contributed by atoms with E-state index in [9.17, 15) is 0 Å². The van der Waals surface area contributed by atoms with E-state index in [1.807, 2.05) is 31.3 Å². The van der Waals surface area contributed by atoms with Crippen LogP contribution < -0.4 is 5.32 Å². The Morgan fingerprint density at radius 1 is 1.50 bits per heavy atom. The van der Waals surface area contributed by atoms with Crippen molar-refractivity contribution in [1.29, 1.82) is 0 Å². The summed E-state index contributed by atoms with van der Waals surface area (Å²) >= 11 is 0. The van der Waals surface area contributed by atoms with Crippen LogP contribution in [-0.4, -0.2) is 7.05 Å². The molecule has 4 heteroatoms. The number of benzene rings is 1. The minimum Gasteiger partial charge on any atom is -0.388 e. The van der Waals surface area contributed by atoms with Crippen molar-refractivity contribution in [2.45, 2.75) is 6.54 Å². The molecule has 0 aromatic heterocycles. The zero-order valence-corrected chi connectivity index (χ0v) is 6.86. The first-order valence-electron chi connectivity index (χ1n) is 3.65. The van der Waals surface area contributed by atoms with E-state index in [4.69, 9.17) is 5.53 Å². The van der Waals surface area contributed by atoms with Gasteiger partial charge in [-0.3, -0.25) is 0 Å². The molecule has 0 aliphatic carbocycles. The third kappa shape index (κ3) is 1.90. The molecular weight excluding hydrogens is 152 g/mol. The van der Waals surface area contributed by atoms with Crippen molar-refractivity contribution < 1.29 is 0 Å². The third-order valence-corrected chi connectivity index (χ3v) is 1.59. The smallest absolute Gasteiger partial charge is 0.0531 e. The second-order valence-electron chi connectivity index (χ2n) is 2.30. The lowest BCUT2D eigenvalue weighted by Gasteiger charge is -2.04. The molecule has 0 aliphatic rings. The summed E-state index contributed by atoms with van der Waals surface area (Å²) in [6.07, 6.45) is 0. The van der Waals surface area contributed by atoms with Crippen LogP contribution in [0.25, 0.3) is 10.4 Å². The highest BCUT2D eigenvalue weighted by atomic mass is 15.1. The van der Waals surface area contributed by atoms with Crippen LogP contribution in [0.3, 0.4) is 0 Å². The molecule has 0 radical (unpaired) electrons. The Morgan fingerprint density at radius 3 is 2.92 bits per heavy atom. The highest BCUT2D eigenvalue weighted by molar-refractivity contribution is 5.50. The number of nitrogens with one attached hydrogen (secondary N) is 1. The molecule has 0 atom stereocenters. The van der Waals surface area contributed by atoms with Gasteiger partial charge in [-0.15, -0.1) is 0 Å². The molecule has 0 aliphatic heterocycles. The number of azide groups is 1. The standard InChI is InChI=1S/C8H10N4/c1-10-8-5-3-2-4-7(8)6-11-12-9/h2-5,10H,6H2,1H3. The monoisotopic (exact) mass is 162 g/mol. The summed E-state index contributed by atoms with van der Waals surface area (Å²) in [6, 6.07) is 7.73. The van der Waals surface area contributed by atoms with Crippen LogP contribution in [0.15, 0.2) is 29.4 Å². The molecular formula is C8H10N4. The van der Waals surface area contributed by atoms with Gasteiger partial charge in [-0.25, -0.2) is 0 Å². The van der Waals surface area contributed by atoms with Gasteiger partial charge in [0, 0.05) is 17.6 Å². The lowest BCUT2D eigenvalue weighted by atomic mass is 10.2. The summed E-state index contributed by atoms with van der Waals surface area (Å²) in [7, 11) is 1.84. The topological polar surface area (TPSA) is 60.8 Å². The largest absolute Gasteiger partial charge is 0.388 e. The van der Waals surface area contributed by atoms with E-state index in [-0.39, 0.29) is 0 Å². The molecule has 0 unspecified atom stereocenters. The predicted molar refractivity (Wildman–Crippen MR) is 48.8 cm³/mol. The summed E-state index contributed by atoms with van der Waals surface area (Å²) in [4.78, 5) is 2.70. The van der Waals surface area contributed by atoms with E-state index in [2.05, 4.69) is 15.3 Å². The van der Waals surface area contributed by atoms with E-state index in [1.54, 1.807) is 0 Å². The van der Waals surface area contributed by atoms with Gasteiger partial charge in [-0.05, 0) is 17.2 Å². The maximum absolute atomic E-state index is 8.13. The Bertz CT molecular complexity index is 302. The molecule has 0 saturated carbocycles. The van der Waals surface area contributed by atoms with Gasteiger partial charge in [-0.2, -0.15) is 0 Å². The van der Waals surface area contributed by atoms with Crippen molar-refractivity contribution >= 4 is 5.69 Å². The van der Waals surface area contributed by atoms with Crippen LogP contribution in [0.4, 0.5) is 5.69 Å². The fourth-order valence-electron chi connectivity index (χ4n) is 1.01. The first-order chi connectivity index (χ1) is 5.88. The fourth-order valence-corrected chi connectivity index (χ4v) is 1.01. The van der Waals surface area contributed by atoms with Gasteiger partial charge in [0.25, 0.3) is 0 Å². The molecule has 1 N–H and O–H groups in total. The molecule has 0 spiro atoms. The number of hydrogen-bond donors (Lipinski definition) is 1. The lowest BCUT2D eigenvalue weighted by molar-refractivity contribution is 1.05. The summed E-state index contributed by atoms with van der Waals surface area (Å²) in [5, 5.41) is 6.51. The molecule has 0 fully saturated rings. The van der Waals surface area contributed by atoms with E-state index in [0.29, 0.717) is 6.54 Å². The van der Waals surface area contributed by atoms with Crippen molar-refractivity contribution in [2.24, 2.45) is 5.11 Å². The first kappa shape index (κ1) is 8.43. The molecule has 0 amide bonds. The van der Waals surface area contributed by atoms with E-state index >= 15 is 0 Å². The molecule has 0 heterocycles. The summed E-state index contributed by atoms with van der Waals surface area (Å²) < 4.78 is 0. The van der Waals surface area contributed by atoms with Crippen molar-refractivity contribution in [3.05, 3.63) is 40.3 Å². The van der Waals surface area contributed by atoms with Gasteiger partial charge >= 0.3 is 0 Å². The van der Waals surface area contributed by atoms with Crippen LogP contribution in [0.2, 0.25) is 0 Å². The molecule has 12 heavy (non-hydrogen) atoms. The van der Waals surface area contributed by atoms with Crippen molar-refractivity contribution in [1.82, 2.24) is 0 Å². The average Bonchev–Trinajstić information content (AvgIpc) is 2.15. The zero-order valence-electron chi connectivity index (χ0n) is 6.86. The highest BCUT2D eigenvalue weighted by Crippen LogP contribution is 2.14. The van der Waals surface area contributed by atoms with Crippen LogP contribution >= 0.6 is 0 Å². The van der Waals surface area contributed by atoms with Crippen LogP contribution in [0, 0.1) is 0 Å². The zero-order chi connectivity index (χ0) is 8.81. The minimum atomic E-state index is 0.396.